The molecule has 0 saturated carbocycles. The van der Waals surface area contributed by atoms with Crippen molar-refractivity contribution >= 4 is 0 Å². The van der Waals surface area contributed by atoms with Crippen LogP contribution in [-0.2, 0) is 6.18 Å². The SMILES string of the molecule is Cc1ccnc(-c2ccccc2C(F)(F)F)c1C. The first-order chi connectivity index (χ1) is 8.41. The van der Waals surface area contributed by atoms with Gasteiger partial charge in [-0.1, -0.05) is 18.2 Å². The smallest absolute Gasteiger partial charge is 0.256 e. The van der Waals surface area contributed by atoms with Gasteiger partial charge in [0.15, 0.2) is 0 Å². The normalized spacial score (nSPS) is 11.6. The van der Waals surface area contributed by atoms with Gasteiger partial charge in [-0.15, -0.1) is 0 Å². The molecule has 18 heavy (non-hydrogen) atoms. The van der Waals surface area contributed by atoms with Crippen molar-refractivity contribution in [3.63, 3.8) is 0 Å². The molecule has 0 aliphatic rings. The van der Waals surface area contributed by atoms with Crippen LogP contribution in [0.15, 0.2) is 36.5 Å². The number of aryl methyl sites for hydroxylation is 1. The van der Waals surface area contributed by atoms with E-state index in [9.17, 15) is 13.2 Å². The lowest BCUT2D eigenvalue weighted by molar-refractivity contribution is -0.137. The Morgan fingerprint density at radius 3 is 2.33 bits per heavy atom. The molecule has 0 spiro atoms. The van der Waals surface area contributed by atoms with Crippen molar-refractivity contribution < 1.29 is 13.2 Å². The average Bonchev–Trinajstić information content (AvgIpc) is 2.32. The largest absolute Gasteiger partial charge is 0.417 e. The van der Waals surface area contributed by atoms with E-state index in [0.29, 0.717) is 5.69 Å². The Hall–Kier alpha value is -1.84. The van der Waals surface area contributed by atoms with E-state index >= 15 is 0 Å². The molecule has 94 valence electrons. The summed E-state index contributed by atoms with van der Waals surface area (Å²) >= 11 is 0. The summed E-state index contributed by atoms with van der Waals surface area (Å²) in [7, 11) is 0. The second-order valence-corrected chi connectivity index (χ2v) is 4.14. The topological polar surface area (TPSA) is 12.9 Å². The van der Waals surface area contributed by atoms with Crippen molar-refractivity contribution in [2.75, 3.05) is 0 Å². The van der Waals surface area contributed by atoms with Gasteiger partial charge in [-0.3, -0.25) is 4.98 Å². The van der Waals surface area contributed by atoms with Gasteiger partial charge in [-0.05, 0) is 37.1 Å². The van der Waals surface area contributed by atoms with Crippen LogP contribution in [0.3, 0.4) is 0 Å². The third-order valence-electron chi connectivity index (χ3n) is 2.96. The molecule has 1 heterocycles. The number of hydrogen-bond donors (Lipinski definition) is 0. The van der Waals surface area contributed by atoms with Crippen LogP contribution in [0.25, 0.3) is 11.3 Å². The van der Waals surface area contributed by atoms with Crippen molar-refractivity contribution in [1.29, 1.82) is 0 Å². The first-order valence-corrected chi connectivity index (χ1v) is 5.50. The molecule has 0 unspecified atom stereocenters. The van der Waals surface area contributed by atoms with E-state index in [0.717, 1.165) is 17.2 Å². The summed E-state index contributed by atoms with van der Waals surface area (Å²) in [6.45, 7) is 3.64. The van der Waals surface area contributed by atoms with E-state index in [4.69, 9.17) is 0 Å². The summed E-state index contributed by atoms with van der Waals surface area (Å²) in [6, 6.07) is 7.30. The maximum Gasteiger partial charge on any atom is 0.417 e. The zero-order chi connectivity index (χ0) is 13.3. The molecule has 0 atom stereocenters. The standard InChI is InChI=1S/C14H12F3N/c1-9-7-8-18-13(10(9)2)11-5-3-4-6-12(11)14(15,16)17/h3-8H,1-2H3. The molecule has 0 N–H and O–H groups in total. The van der Waals surface area contributed by atoms with Gasteiger partial charge in [0.25, 0.3) is 0 Å². The lowest BCUT2D eigenvalue weighted by Gasteiger charge is -2.14. The highest BCUT2D eigenvalue weighted by molar-refractivity contribution is 5.68. The second kappa shape index (κ2) is 4.44. The van der Waals surface area contributed by atoms with E-state index in [-0.39, 0.29) is 5.56 Å². The van der Waals surface area contributed by atoms with Crippen molar-refractivity contribution in [3.05, 3.63) is 53.2 Å². The van der Waals surface area contributed by atoms with Crippen LogP contribution in [-0.4, -0.2) is 4.98 Å². The van der Waals surface area contributed by atoms with E-state index in [1.165, 1.54) is 18.3 Å². The fourth-order valence-electron chi connectivity index (χ4n) is 1.84. The maximum absolute atomic E-state index is 12.9. The zero-order valence-corrected chi connectivity index (χ0v) is 10.0. The first kappa shape index (κ1) is 12.6. The highest BCUT2D eigenvalue weighted by atomic mass is 19.4. The fraction of sp³-hybridized carbons (Fsp3) is 0.214. The summed E-state index contributed by atoms with van der Waals surface area (Å²) < 4.78 is 38.8. The molecule has 0 fully saturated rings. The van der Waals surface area contributed by atoms with E-state index in [2.05, 4.69) is 4.98 Å². The number of nitrogens with zero attached hydrogens (tertiary/aromatic N) is 1. The average molecular weight is 251 g/mol. The Balaban J connectivity index is 2.69. The molecular weight excluding hydrogens is 239 g/mol. The van der Waals surface area contributed by atoms with Crippen molar-refractivity contribution in [2.24, 2.45) is 0 Å². The molecule has 0 radical (unpaired) electrons. The van der Waals surface area contributed by atoms with Crippen LogP contribution >= 0.6 is 0 Å². The highest BCUT2D eigenvalue weighted by Gasteiger charge is 2.33. The van der Waals surface area contributed by atoms with E-state index in [1.54, 1.807) is 19.1 Å². The van der Waals surface area contributed by atoms with E-state index in [1.807, 2.05) is 6.92 Å². The van der Waals surface area contributed by atoms with Crippen LogP contribution in [0.4, 0.5) is 13.2 Å². The quantitative estimate of drug-likeness (QED) is 0.732. The Bertz CT molecular complexity index is 573. The number of hydrogen-bond acceptors (Lipinski definition) is 1. The van der Waals surface area contributed by atoms with Gasteiger partial charge in [0.2, 0.25) is 0 Å². The van der Waals surface area contributed by atoms with Gasteiger partial charge in [-0.25, -0.2) is 0 Å². The molecule has 0 aliphatic carbocycles. The van der Waals surface area contributed by atoms with Gasteiger partial charge >= 0.3 is 6.18 Å². The summed E-state index contributed by atoms with van der Waals surface area (Å²) in [6.07, 6.45) is -2.83. The minimum atomic E-state index is -4.37. The Morgan fingerprint density at radius 2 is 1.67 bits per heavy atom. The van der Waals surface area contributed by atoms with Gasteiger partial charge < -0.3 is 0 Å². The van der Waals surface area contributed by atoms with Crippen LogP contribution < -0.4 is 0 Å². The lowest BCUT2D eigenvalue weighted by atomic mass is 9.98. The predicted octanol–water partition coefficient (Wildman–Crippen LogP) is 4.38. The molecule has 0 saturated heterocycles. The van der Waals surface area contributed by atoms with Crippen molar-refractivity contribution in [1.82, 2.24) is 4.98 Å². The van der Waals surface area contributed by atoms with Crippen LogP contribution in [0.1, 0.15) is 16.7 Å². The molecule has 0 bridgehead atoms. The number of pyridine rings is 1. The van der Waals surface area contributed by atoms with E-state index < -0.39 is 11.7 Å². The first-order valence-electron chi connectivity index (χ1n) is 5.50. The number of rotatable bonds is 1. The summed E-state index contributed by atoms with van der Waals surface area (Å²) in [5, 5.41) is 0. The summed E-state index contributed by atoms with van der Waals surface area (Å²) in [5.41, 5.74) is 1.58. The van der Waals surface area contributed by atoms with Crippen molar-refractivity contribution in [2.45, 2.75) is 20.0 Å². The lowest BCUT2D eigenvalue weighted by Crippen LogP contribution is -2.08. The van der Waals surface area contributed by atoms with Crippen molar-refractivity contribution in [3.8, 4) is 11.3 Å². The van der Waals surface area contributed by atoms with Gasteiger partial charge in [0.05, 0.1) is 11.3 Å². The molecule has 4 heteroatoms. The highest BCUT2D eigenvalue weighted by Crippen LogP contribution is 2.37. The van der Waals surface area contributed by atoms with Crippen LogP contribution in [0.5, 0.6) is 0 Å². The van der Waals surface area contributed by atoms with Gasteiger partial charge in [-0.2, -0.15) is 13.2 Å². The molecule has 2 rings (SSSR count). The Kier molecular flexibility index (Phi) is 3.11. The molecule has 0 amide bonds. The Labute approximate surface area is 103 Å². The number of alkyl halides is 3. The number of halogens is 3. The number of aromatic nitrogens is 1. The zero-order valence-electron chi connectivity index (χ0n) is 10.0. The second-order valence-electron chi connectivity index (χ2n) is 4.14. The minimum absolute atomic E-state index is 0.131. The summed E-state index contributed by atoms with van der Waals surface area (Å²) in [4.78, 5) is 4.08. The number of benzene rings is 1. The molecule has 1 nitrogen and oxygen atoms in total. The third-order valence-corrected chi connectivity index (χ3v) is 2.96. The molecule has 1 aromatic heterocycles. The predicted molar refractivity (Wildman–Crippen MR) is 64.1 cm³/mol. The summed E-state index contributed by atoms with van der Waals surface area (Å²) in [5.74, 6) is 0. The van der Waals surface area contributed by atoms with Gasteiger partial charge in [0.1, 0.15) is 0 Å². The molecule has 0 aliphatic heterocycles. The molecular formula is C14H12F3N. The van der Waals surface area contributed by atoms with Crippen LogP contribution in [0, 0.1) is 13.8 Å². The molecule has 1 aromatic carbocycles. The Morgan fingerprint density at radius 1 is 1.00 bits per heavy atom. The maximum atomic E-state index is 12.9. The third kappa shape index (κ3) is 2.23. The fourth-order valence-corrected chi connectivity index (χ4v) is 1.84. The molecule has 2 aromatic rings. The monoisotopic (exact) mass is 251 g/mol. The van der Waals surface area contributed by atoms with Crippen LogP contribution in [0.2, 0.25) is 0 Å². The minimum Gasteiger partial charge on any atom is -0.256 e. The van der Waals surface area contributed by atoms with Gasteiger partial charge in [0, 0.05) is 11.8 Å².